The van der Waals surface area contributed by atoms with E-state index in [4.69, 9.17) is 0 Å². The van der Waals surface area contributed by atoms with E-state index in [1.165, 1.54) is 29.5 Å². The number of anilines is 1. The molecule has 2 aromatic rings. The van der Waals surface area contributed by atoms with Gasteiger partial charge in [-0.15, -0.1) is 0 Å². The summed E-state index contributed by atoms with van der Waals surface area (Å²) in [7, 11) is 0. The second kappa shape index (κ2) is 7.57. The number of aromatic nitrogens is 2. The fourth-order valence-corrected chi connectivity index (χ4v) is 3.57. The lowest BCUT2D eigenvalue weighted by Crippen LogP contribution is -2.32. The monoisotopic (exact) mass is 328 g/mol. The number of carbonyl (C=O) groups is 1. The van der Waals surface area contributed by atoms with Gasteiger partial charge in [0.1, 0.15) is 5.69 Å². The molecule has 6 heteroatoms. The zero-order valence-corrected chi connectivity index (χ0v) is 14.0. The highest BCUT2D eigenvalue weighted by atomic mass is 32.2. The third-order valence-electron chi connectivity index (χ3n) is 3.99. The Morgan fingerprint density at radius 3 is 2.87 bits per heavy atom. The number of thioether (sulfide) groups is 1. The van der Waals surface area contributed by atoms with Gasteiger partial charge in [-0.05, 0) is 24.1 Å². The van der Waals surface area contributed by atoms with Crippen LogP contribution in [0.5, 0.6) is 0 Å². The van der Waals surface area contributed by atoms with Crippen LogP contribution in [0.2, 0.25) is 0 Å². The second-order valence-corrected chi connectivity index (χ2v) is 6.75. The van der Waals surface area contributed by atoms with Crippen molar-refractivity contribution in [3.63, 3.8) is 0 Å². The number of amides is 1. The van der Waals surface area contributed by atoms with Crippen LogP contribution >= 0.6 is 11.8 Å². The van der Waals surface area contributed by atoms with Gasteiger partial charge in [0.25, 0.3) is 5.91 Å². The van der Waals surface area contributed by atoms with E-state index in [1.807, 2.05) is 23.9 Å². The zero-order valence-electron chi connectivity index (χ0n) is 13.2. The third kappa shape index (κ3) is 4.09. The number of nitrogens with zero attached hydrogens (tertiary/aromatic N) is 3. The first kappa shape index (κ1) is 16.0. The summed E-state index contributed by atoms with van der Waals surface area (Å²) >= 11 is 2.01. The molecule has 0 bridgehead atoms. The second-order valence-electron chi connectivity index (χ2n) is 5.52. The van der Waals surface area contributed by atoms with Crippen molar-refractivity contribution in [3.8, 4) is 0 Å². The van der Waals surface area contributed by atoms with E-state index in [-0.39, 0.29) is 5.91 Å². The Hall–Kier alpha value is -1.92. The Labute approximate surface area is 140 Å². The SMILES string of the molecule is Cc1c(CN2CCSCC2)cccc1NC(=O)c1cnccn1. The summed E-state index contributed by atoms with van der Waals surface area (Å²) in [4.78, 5) is 22.7. The van der Waals surface area contributed by atoms with Gasteiger partial charge in [-0.2, -0.15) is 11.8 Å². The number of hydrogen-bond donors (Lipinski definition) is 1. The van der Waals surface area contributed by atoms with Crippen molar-refractivity contribution >= 4 is 23.4 Å². The molecule has 0 atom stereocenters. The van der Waals surface area contributed by atoms with Crippen molar-refractivity contribution in [2.75, 3.05) is 29.9 Å². The molecule has 1 amide bonds. The van der Waals surface area contributed by atoms with Crippen LogP contribution in [0.15, 0.2) is 36.8 Å². The predicted molar refractivity (Wildman–Crippen MR) is 93.8 cm³/mol. The minimum Gasteiger partial charge on any atom is -0.320 e. The van der Waals surface area contributed by atoms with Crippen LogP contribution in [-0.4, -0.2) is 45.4 Å². The molecule has 0 unspecified atom stereocenters. The van der Waals surface area contributed by atoms with E-state index in [9.17, 15) is 4.79 Å². The van der Waals surface area contributed by atoms with Crippen molar-refractivity contribution in [3.05, 3.63) is 53.6 Å². The van der Waals surface area contributed by atoms with E-state index in [2.05, 4.69) is 33.2 Å². The van der Waals surface area contributed by atoms with Crippen LogP contribution in [0.4, 0.5) is 5.69 Å². The van der Waals surface area contributed by atoms with Crippen LogP contribution in [0.1, 0.15) is 21.6 Å². The Morgan fingerprint density at radius 2 is 2.13 bits per heavy atom. The number of benzene rings is 1. The van der Waals surface area contributed by atoms with Crippen molar-refractivity contribution in [2.45, 2.75) is 13.5 Å². The van der Waals surface area contributed by atoms with E-state index >= 15 is 0 Å². The zero-order chi connectivity index (χ0) is 16.1. The highest BCUT2D eigenvalue weighted by molar-refractivity contribution is 7.99. The lowest BCUT2D eigenvalue weighted by molar-refractivity contribution is 0.102. The Balaban J connectivity index is 1.73. The molecule has 1 saturated heterocycles. The molecule has 3 rings (SSSR count). The highest BCUT2D eigenvalue weighted by Gasteiger charge is 2.14. The van der Waals surface area contributed by atoms with Gasteiger partial charge in [0.2, 0.25) is 0 Å². The number of carbonyl (C=O) groups excluding carboxylic acids is 1. The molecular weight excluding hydrogens is 308 g/mol. The van der Waals surface area contributed by atoms with Crippen molar-refractivity contribution < 1.29 is 4.79 Å². The number of hydrogen-bond acceptors (Lipinski definition) is 5. The predicted octanol–water partition coefficient (Wildman–Crippen LogP) is 2.59. The summed E-state index contributed by atoms with van der Waals surface area (Å²) in [5.41, 5.74) is 3.53. The van der Waals surface area contributed by atoms with Gasteiger partial charge < -0.3 is 5.32 Å². The molecule has 0 spiro atoms. The first-order chi connectivity index (χ1) is 11.2. The van der Waals surface area contributed by atoms with Gasteiger partial charge in [0.05, 0.1) is 6.20 Å². The van der Waals surface area contributed by atoms with E-state index in [1.54, 1.807) is 6.20 Å². The summed E-state index contributed by atoms with van der Waals surface area (Å²) in [6, 6.07) is 6.06. The van der Waals surface area contributed by atoms with Gasteiger partial charge >= 0.3 is 0 Å². The van der Waals surface area contributed by atoms with Gasteiger partial charge in [-0.25, -0.2) is 4.98 Å². The average Bonchev–Trinajstić information content (AvgIpc) is 2.60. The first-order valence-corrected chi connectivity index (χ1v) is 8.85. The van der Waals surface area contributed by atoms with Crippen LogP contribution in [0, 0.1) is 6.92 Å². The minimum absolute atomic E-state index is 0.229. The molecule has 23 heavy (non-hydrogen) atoms. The highest BCUT2D eigenvalue weighted by Crippen LogP contribution is 2.22. The van der Waals surface area contributed by atoms with Crippen molar-refractivity contribution in [2.24, 2.45) is 0 Å². The van der Waals surface area contributed by atoms with Crippen LogP contribution in [-0.2, 0) is 6.54 Å². The van der Waals surface area contributed by atoms with E-state index in [0.29, 0.717) is 5.69 Å². The lowest BCUT2D eigenvalue weighted by atomic mass is 10.1. The molecule has 1 N–H and O–H groups in total. The smallest absolute Gasteiger partial charge is 0.275 e. The summed E-state index contributed by atoms with van der Waals surface area (Å²) in [6.07, 6.45) is 4.55. The van der Waals surface area contributed by atoms with E-state index < -0.39 is 0 Å². The Kier molecular flexibility index (Phi) is 5.25. The topological polar surface area (TPSA) is 58.1 Å². The van der Waals surface area contributed by atoms with Gasteiger partial charge in [-0.3, -0.25) is 14.7 Å². The quantitative estimate of drug-likeness (QED) is 0.935. The fraction of sp³-hybridized carbons (Fsp3) is 0.353. The molecule has 1 aromatic carbocycles. The lowest BCUT2D eigenvalue weighted by Gasteiger charge is -2.27. The molecule has 2 heterocycles. The minimum atomic E-state index is -0.229. The molecule has 1 fully saturated rings. The standard InChI is InChI=1S/C17H20N4OS/c1-13-14(12-21-7-9-23-10-8-21)3-2-4-15(13)20-17(22)16-11-18-5-6-19-16/h2-6,11H,7-10,12H2,1H3,(H,20,22). The third-order valence-corrected chi connectivity index (χ3v) is 4.93. The molecule has 0 aliphatic carbocycles. The number of rotatable bonds is 4. The molecule has 1 aliphatic heterocycles. The molecule has 5 nitrogen and oxygen atoms in total. The molecule has 0 radical (unpaired) electrons. The summed E-state index contributed by atoms with van der Waals surface area (Å²) in [6.45, 7) is 5.24. The Bertz CT molecular complexity index is 672. The maximum absolute atomic E-state index is 12.2. The summed E-state index contributed by atoms with van der Waals surface area (Å²) in [5.74, 6) is 2.16. The maximum atomic E-state index is 12.2. The van der Waals surface area contributed by atoms with Gasteiger partial charge in [-0.1, -0.05) is 12.1 Å². The van der Waals surface area contributed by atoms with Crippen molar-refractivity contribution in [1.82, 2.24) is 14.9 Å². The molecule has 0 saturated carbocycles. The first-order valence-electron chi connectivity index (χ1n) is 7.70. The van der Waals surface area contributed by atoms with Crippen LogP contribution in [0.3, 0.4) is 0 Å². The Morgan fingerprint density at radius 1 is 1.30 bits per heavy atom. The van der Waals surface area contributed by atoms with Crippen molar-refractivity contribution in [1.29, 1.82) is 0 Å². The fourth-order valence-electron chi connectivity index (χ4n) is 2.59. The van der Waals surface area contributed by atoms with Crippen LogP contribution in [0.25, 0.3) is 0 Å². The van der Waals surface area contributed by atoms with Gasteiger partial charge in [0, 0.05) is 49.2 Å². The molecular formula is C17H20N4OS. The number of nitrogens with one attached hydrogen (secondary N) is 1. The molecule has 1 aliphatic rings. The molecule has 1 aromatic heterocycles. The average molecular weight is 328 g/mol. The van der Waals surface area contributed by atoms with Crippen LogP contribution < -0.4 is 5.32 Å². The summed E-state index contributed by atoms with van der Waals surface area (Å²) in [5, 5.41) is 2.94. The van der Waals surface area contributed by atoms with E-state index in [0.717, 1.165) is 30.9 Å². The molecule has 120 valence electrons. The normalized spacial score (nSPS) is 15.3. The summed E-state index contributed by atoms with van der Waals surface area (Å²) < 4.78 is 0. The van der Waals surface area contributed by atoms with Gasteiger partial charge in [0.15, 0.2) is 0 Å². The maximum Gasteiger partial charge on any atom is 0.275 e. The largest absolute Gasteiger partial charge is 0.320 e.